The normalized spacial score (nSPS) is 12.1. The zero-order chi connectivity index (χ0) is 39.8. The molecule has 0 radical (unpaired) electrons. The summed E-state index contributed by atoms with van der Waals surface area (Å²) < 4.78 is 0. The first kappa shape index (κ1) is 35.5. The summed E-state index contributed by atoms with van der Waals surface area (Å²) in [6.07, 6.45) is 6.68. The second-order valence-corrected chi connectivity index (χ2v) is 15.6. The van der Waals surface area contributed by atoms with Crippen molar-refractivity contribution in [1.82, 2.24) is 0 Å². The van der Waals surface area contributed by atoms with Crippen molar-refractivity contribution in [3.05, 3.63) is 236 Å². The van der Waals surface area contributed by atoms with Gasteiger partial charge in [0.25, 0.3) is 0 Å². The van der Waals surface area contributed by atoms with E-state index in [0.29, 0.717) is 0 Å². The van der Waals surface area contributed by atoms with E-state index in [-0.39, 0.29) is 0 Å². The van der Waals surface area contributed by atoms with E-state index in [0.717, 1.165) is 47.0 Å². The van der Waals surface area contributed by atoms with E-state index in [2.05, 4.69) is 240 Å². The molecule has 0 saturated carbocycles. The van der Waals surface area contributed by atoms with Crippen LogP contribution in [0, 0.1) is 0 Å². The summed E-state index contributed by atoms with van der Waals surface area (Å²) in [7, 11) is 0. The van der Waals surface area contributed by atoms with Crippen LogP contribution in [0.1, 0.15) is 17.5 Å². The molecule has 2 heteroatoms. The second-order valence-electron chi connectivity index (χ2n) is 15.6. The lowest BCUT2D eigenvalue weighted by atomic mass is 9.83. The molecule has 0 N–H and O–H groups in total. The summed E-state index contributed by atoms with van der Waals surface area (Å²) >= 11 is 0. The molecule has 0 spiro atoms. The number of benzene rings is 10. The molecule has 0 amide bonds. The van der Waals surface area contributed by atoms with Crippen molar-refractivity contribution in [3.8, 4) is 22.3 Å². The Balaban J connectivity index is 1.26. The third-order valence-corrected chi connectivity index (χ3v) is 12.0. The number of hydrogen-bond donors (Lipinski definition) is 0. The van der Waals surface area contributed by atoms with E-state index in [1.807, 2.05) is 0 Å². The van der Waals surface area contributed by atoms with Crippen molar-refractivity contribution >= 4 is 72.5 Å². The molecular weight excluding hydrogens is 725 g/mol. The topological polar surface area (TPSA) is 6.48 Å². The number of allylic oxidation sites excluding steroid dienone is 1. The number of para-hydroxylation sites is 4. The van der Waals surface area contributed by atoms with Gasteiger partial charge in [-0.3, -0.25) is 0 Å². The van der Waals surface area contributed by atoms with Crippen molar-refractivity contribution in [1.29, 1.82) is 0 Å². The molecule has 10 aromatic rings. The molecule has 0 aliphatic heterocycles. The fourth-order valence-corrected chi connectivity index (χ4v) is 9.24. The molecule has 284 valence electrons. The second kappa shape index (κ2) is 15.2. The number of nitrogens with zero attached hydrogens (tertiary/aromatic N) is 2. The summed E-state index contributed by atoms with van der Waals surface area (Å²) in [5, 5.41) is 7.35. The Labute approximate surface area is 351 Å². The highest BCUT2D eigenvalue weighted by Gasteiger charge is 2.23. The zero-order valence-electron chi connectivity index (χ0n) is 33.2. The first-order chi connectivity index (χ1) is 29.8. The van der Waals surface area contributed by atoms with Gasteiger partial charge in [0, 0.05) is 34.1 Å². The standard InChI is InChI=1S/C58H42N2/c1-5-21-47(22-6-1)59(48-23-7-2-8-24-48)51-33-35-53-55(39-51)57(45-31-29-41-17-13-15-19-43(41)37-45)54-36-34-52(60(49-25-9-3-10-26-49)50-27-11-4-12-28-50)40-56(54)58(53)46-32-30-42-18-14-16-20-44(42)38-46/h1-15,17-19,21-40H,16,20H2. The van der Waals surface area contributed by atoms with Crippen molar-refractivity contribution < 1.29 is 0 Å². The Bertz CT molecular complexity index is 3110. The average molecular weight is 767 g/mol. The number of hydrogen-bond acceptors (Lipinski definition) is 2. The number of rotatable bonds is 8. The van der Waals surface area contributed by atoms with Gasteiger partial charge in [-0.05, 0) is 157 Å². The van der Waals surface area contributed by atoms with Gasteiger partial charge < -0.3 is 9.80 Å². The third-order valence-electron chi connectivity index (χ3n) is 12.0. The molecule has 10 aromatic carbocycles. The van der Waals surface area contributed by atoms with E-state index in [1.165, 1.54) is 65.7 Å². The van der Waals surface area contributed by atoms with Crippen LogP contribution in [0.3, 0.4) is 0 Å². The fourth-order valence-electron chi connectivity index (χ4n) is 9.24. The minimum atomic E-state index is 1.04. The van der Waals surface area contributed by atoms with E-state index in [9.17, 15) is 0 Å². The Morgan fingerprint density at radius 1 is 0.317 bits per heavy atom. The number of fused-ring (bicyclic) bond motifs is 4. The number of anilines is 6. The molecule has 0 saturated heterocycles. The van der Waals surface area contributed by atoms with Crippen molar-refractivity contribution in [2.24, 2.45) is 0 Å². The van der Waals surface area contributed by atoms with Crippen LogP contribution in [0.4, 0.5) is 34.1 Å². The maximum Gasteiger partial charge on any atom is 0.0468 e. The molecule has 0 heterocycles. The maximum absolute atomic E-state index is 2.45. The van der Waals surface area contributed by atoms with Crippen LogP contribution < -0.4 is 9.80 Å². The highest BCUT2D eigenvalue weighted by molar-refractivity contribution is 6.23. The van der Waals surface area contributed by atoms with Crippen LogP contribution in [0.15, 0.2) is 224 Å². The smallest absolute Gasteiger partial charge is 0.0468 e. The van der Waals surface area contributed by atoms with Crippen LogP contribution in [0.5, 0.6) is 0 Å². The van der Waals surface area contributed by atoms with E-state index in [1.54, 1.807) is 0 Å². The van der Waals surface area contributed by atoms with Crippen LogP contribution in [-0.2, 0) is 6.42 Å². The molecule has 1 aliphatic rings. The largest absolute Gasteiger partial charge is 0.310 e. The summed E-state index contributed by atoms with van der Waals surface area (Å²) in [5.41, 5.74) is 14.3. The van der Waals surface area contributed by atoms with E-state index < -0.39 is 0 Å². The molecule has 1 aliphatic carbocycles. The first-order valence-corrected chi connectivity index (χ1v) is 20.9. The molecular formula is C58H42N2. The summed E-state index contributed by atoms with van der Waals surface area (Å²) in [4.78, 5) is 4.75. The molecule has 11 rings (SSSR count). The molecule has 60 heavy (non-hydrogen) atoms. The monoisotopic (exact) mass is 766 g/mol. The Morgan fingerprint density at radius 3 is 1.28 bits per heavy atom. The average Bonchev–Trinajstić information content (AvgIpc) is 3.32. The van der Waals surface area contributed by atoms with E-state index in [4.69, 9.17) is 0 Å². The molecule has 2 nitrogen and oxygen atoms in total. The van der Waals surface area contributed by atoms with Gasteiger partial charge in [-0.1, -0.05) is 152 Å². The lowest BCUT2D eigenvalue weighted by Crippen LogP contribution is -2.10. The van der Waals surface area contributed by atoms with Crippen molar-refractivity contribution in [2.45, 2.75) is 12.8 Å². The number of aryl methyl sites for hydroxylation is 1. The van der Waals surface area contributed by atoms with Gasteiger partial charge in [-0.15, -0.1) is 0 Å². The van der Waals surface area contributed by atoms with Gasteiger partial charge in [0.15, 0.2) is 0 Å². The van der Waals surface area contributed by atoms with E-state index >= 15 is 0 Å². The summed E-state index contributed by atoms with van der Waals surface area (Å²) in [6, 6.07) is 79.9. The third kappa shape index (κ3) is 6.40. The van der Waals surface area contributed by atoms with Crippen molar-refractivity contribution in [2.75, 3.05) is 9.80 Å². The quantitative estimate of drug-likeness (QED) is 0.142. The first-order valence-electron chi connectivity index (χ1n) is 20.9. The summed E-state index contributed by atoms with van der Waals surface area (Å²) in [6.45, 7) is 0. The minimum absolute atomic E-state index is 1.04. The lowest BCUT2D eigenvalue weighted by Gasteiger charge is -2.28. The van der Waals surface area contributed by atoms with Crippen LogP contribution >= 0.6 is 0 Å². The zero-order valence-corrected chi connectivity index (χ0v) is 33.2. The lowest BCUT2D eigenvalue weighted by molar-refractivity contribution is 0.986. The van der Waals surface area contributed by atoms with Gasteiger partial charge in [-0.25, -0.2) is 0 Å². The van der Waals surface area contributed by atoms with Gasteiger partial charge in [0.2, 0.25) is 0 Å². The SMILES string of the molecule is C1=Cc2ccc(-c3c4ccc(N(c5ccccc5)c5ccccc5)cc4c(-c4ccc5ccccc5c4)c4ccc(N(c5ccccc5)c5ccccc5)cc34)cc2CC1. The Hall–Kier alpha value is -7.68. The highest BCUT2D eigenvalue weighted by atomic mass is 15.1. The molecule has 0 unspecified atom stereocenters. The van der Waals surface area contributed by atoms with Gasteiger partial charge in [0.1, 0.15) is 0 Å². The minimum Gasteiger partial charge on any atom is -0.310 e. The fraction of sp³-hybridized carbons (Fsp3) is 0.0345. The molecule has 0 aromatic heterocycles. The molecule has 0 atom stereocenters. The summed E-state index contributed by atoms with van der Waals surface area (Å²) in [5.74, 6) is 0. The van der Waals surface area contributed by atoms with Crippen molar-refractivity contribution in [3.63, 3.8) is 0 Å². The Kier molecular flexibility index (Phi) is 9.02. The molecule has 0 fully saturated rings. The van der Waals surface area contributed by atoms with Gasteiger partial charge in [-0.2, -0.15) is 0 Å². The maximum atomic E-state index is 2.45. The Morgan fingerprint density at radius 2 is 0.767 bits per heavy atom. The van der Waals surface area contributed by atoms with Crippen LogP contribution in [-0.4, -0.2) is 0 Å². The predicted molar refractivity (Wildman–Crippen MR) is 257 cm³/mol. The highest BCUT2D eigenvalue weighted by Crippen LogP contribution is 2.49. The molecule has 0 bridgehead atoms. The van der Waals surface area contributed by atoms with Crippen LogP contribution in [0.25, 0.3) is 60.6 Å². The predicted octanol–water partition coefficient (Wildman–Crippen LogP) is 16.4. The van der Waals surface area contributed by atoms with Gasteiger partial charge >= 0.3 is 0 Å². The van der Waals surface area contributed by atoms with Gasteiger partial charge in [0.05, 0.1) is 0 Å². The van der Waals surface area contributed by atoms with Crippen LogP contribution in [0.2, 0.25) is 0 Å².